The van der Waals surface area contributed by atoms with Crippen LogP contribution in [0.4, 0.5) is 11.5 Å². The molecule has 0 aromatic carbocycles. The second kappa shape index (κ2) is 7.89. The molecule has 8 nitrogen and oxygen atoms in total. The number of pyridine rings is 2. The van der Waals surface area contributed by atoms with E-state index in [1.807, 2.05) is 0 Å². The Kier molecular flexibility index (Phi) is 5.88. The van der Waals surface area contributed by atoms with Gasteiger partial charge in [0.15, 0.2) is 0 Å². The molecule has 0 saturated carbocycles. The number of aliphatic hydroxyl groups excluding tert-OH is 1. The molecule has 2 heterocycles. The third-order valence-electron chi connectivity index (χ3n) is 3.18. The van der Waals surface area contributed by atoms with Gasteiger partial charge in [-0.05, 0) is 18.6 Å². The van der Waals surface area contributed by atoms with Crippen LogP contribution in [-0.2, 0) is 6.54 Å². The molecule has 9 heteroatoms. The number of aliphatic hydroxyl groups is 1. The second-order valence-electron chi connectivity index (χ2n) is 5.17. The molecule has 2 aromatic heterocycles. The van der Waals surface area contributed by atoms with Gasteiger partial charge in [-0.2, -0.15) is 4.98 Å². The van der Waals surface area contributed by atoms with Crippen LogP contribution in [-0.4, -0.2) is 39.8 Å². The molecular weight excluding hydrogens is 336 g/mol. The van der Waals surface area contributed by atoms with Crippen LogP contribution in [0, 0.1) is 10.1 Å². The van der Waals surface area contributed by atoms with Crippen LogP contribution in [0.5, 0.6) is 5.88 Å². The molecule has 0 bridgehead atoms. The second-order valence-corrected chi connectivity index (χ2v) is 5.56. The Hall–Kier alpha value is -2.45. The first kappa shape index (κ1) is 17.9. The van der Waals surface area contributed by atoms with Gasteiger partial charge in [-0.3, -0.25) is 10.1 Å². The molecule has 1 unspecified atom stereocenters. The SMILES string of the molecule is COc1ccc([N+](=O)[O-])c(N(Cc2ccc(Cl)nc2)CC(C)O)n1. The fourth-order valence-electron chi connectivity index (χ4n) is 2.18. The Bertz CT molecular complexity index is 709. The summed E-state index contributed by atoms with van der Waals surface area (Å²) in [6.45, 7) is 2.03. The van der Waals surface area contributed by atoms with E-state index in [0.29, 0.717) is 5.15 Å². The summed E-state index contributed by atoms with van der Waals surface area (Å²) in [5, 5.41) is 21.4. The molecule has 1 N–H and O–H groups in total. The van der Waals surface area contributed by atoms with E-state index >= 15 is 0 Å². The van der Waals surface area contributed by atoms with E-state index in [0.717, 1.165) is 5.56 Å². The Morgan fingerprint density at radius 1 is 1.42 bits per heavy atom. The van der Waals surface area contributed by atoms with Crippen molar-refractivity contribution >= 4 is 23.1 Å². The zero-order valence-corrected chi connectivity index (χ0v) is 14.0. The minimum Gasteiger partial charge on any atom is -0.481 e. The van der Waals surface area contributed by atoms with Gasteiger partial charge in [-0.25, -0.2) is 4.98 Å². The monoisotopic (exact) mass is 352 g/mol. The van der Waals surface area contributed by atoms with Crippen molar-refractivity contribution in [3.63, 3.8) is 0 Å². The van der Waals surface area contributed by atoms with Gasteiger partial charge in [0.25, 0.3) is 0 Å². The summed E-state index contributed by atoms with van der Waals surface area (Å²) in [4.78, 5) is 20.6. The van der Waals surface area contributed by atoms with Gasteiger partial charge in [0.05, 0.1) is 18.1 Å². The molecule has 0 radical (unpaired) electrons. The zero-order chi connectivity index (χ0) is 17.7. The number of nitro groups is 1. The molecule has 24 heavy (non-hydrogen) atoms. The molecule has 1 atom stereocenters. The molecule has 0 fully saturated rings. The summed E-state index contributed by atoms with van der Waals surface area (Å²) in [6.07, 6.45) is 0.862. The van der Waals surface area contributed by atoms with Crippen molar-refractivity contribution in [3.05, 3.63) is 51.3 Å². The van der Waals surface area contributed by atoms with Gasteiger partial charge in [0, 0.05) is 31.4 Å². The zero-order valence-electron chi connectivity index (χ0n) is 13.2. The van der Waals surface area contributed by atoms with Crippen LogP contribution in [0.1, 0.15) is 12.5 Å². The molecule has 2 rings (SSSR count). The molecule has 2 aromatic rings. The maximum atomic E-state index is 11.3. The van der Waals surface area contributed by atoms with Gasteiger partial charge in [0.2, 0.25) is 11.7 Å². The summed E-state index contributed by atoms with van der Waals surface area (Å²) in [5.41, 5.74) is 0.609. The summed E-state index contributed by atoms with van der Waals surface area (Å²) in [6, 6.07) is 6.14. The van der Waals surface area contributed by atoms with E-state index in [1.165, 1.54) is 19.2 Å². The van der Waals surface area contributed by atoms with Crippen LogP contribution in [0.3, 0.4) is 0 Å². The van der Waals surface area contributed by atoms with Crippen LogP contribution in [0.2, 0.25) is 5.15 Å². The summed E-state index contributed by atoms with van der Waals surface area (Å²) >= 11 is 5.77. The molecule has 128 valence electrons. The minimum atomic E-state index is -0.710. The number of nitrogens with zero attached hydrogens (tertiary/aromatic N) is 4. The highest BCUT2D eigenvalue weighted by Crippen LogP contribution is 2.29. The highest BCUT2D eigenvalue weighted by molar-refractivity contribution is 6.29. The summed E-state index contributed by atoms with van der Waals surface area (Å²) < 4.78 is 5.06. The van der Waals surface area contributed by atoms with Crippen LogP contribution >= 0.6 is 11.6 Å². The normalized spacial score (nSPS) is 11.8. The van der Waals surface area contributed by atoms with Crippen LogP contribution in [0.25, 0.3) is 0 Å². The van der Waals surface area contributed by atoms with Gasteiger partial charge < -0.3 is 14.7 Å². The number of anilines is 1. The van der Waals surface area contributed by atoms with Crippen molar-refractivity contribution in [2.24, 2.45) is 0 Å². The first-order chi connectivity index (χ1) is 11.4. The van der Waals surface area contributed by atoms with E-state index < -0.39 is 11.0 Å². The predicted octanol–water partition coefficient (Wildman–Crippen LogP) is 2.43. The Morgan fingerprint density at radius 2 is 2.17 bits per heavy atom. The van der Waals surface area contributed by atoms with Crippen molar-refractivity contribution in [2.45, 2.75) is 19.6 Å². The lowest BCUT2D eigenvalue weighted by molar-refractivity contribution is -0.384. The number of hydrogen-bond acceptors (Lipinski definition) is 7. The Labute approximate surface area is 143 Å². The maximum absolute atomic E-state index is 11.3. The Morgan fingerprint density at radius 3 is 2.71 bits per heavy atom. The van der Waals surface area contributed by atoms with Gasteiger partial charge in [-0.1, -0.05) is 17.7 Å². The van der Waals surface area contributed by atoms with Gasteiger partial charge >= 0.3 is 5.69 Å². The molecule has 0 aliphatic heterocycles. The van der Waals surface area contributed by atoms with Crippen LogP contribution < -0.4 is 9.64 Å². The summed E-state index contributed by atoms with van der Waals surface area (Å²) in [7, 11) is 1.43. The van der Waals surface area contributed by atoms with E-state index in [-0.39, 0.29) is 30.5 Å². The van der Waals surface area contributed by atoms with E-state index in [2.05, 4.69) is 9.97 Å². The van der Waals surface area contributed by atoms with Crippen molar-refractivity contribution in [1.29, 1.82) is 0 Å². The van der Waals surface area contributed by atoms with Crippen molar-refractivity contribution in [3.8, 4) is 5.88 Å². The molecule has 0 aliphatic rings. The molecule has 0 amide bonds. The lowest BCUT2D eigenvalue weighted by atomic mass is 10.2. The number of methoxy groups -OCH3 is 1. The third-order valence-corrected chi connectivity index (χ3v) is 3.40. The highest BCUT2D eigenvalue weighted by Gasteiger charge is 2.23. The lowest BCUT2D eigenvalue weighted by Crippen LogP contribution is -2.32. The van der Waals surface area contributed by atoms with Gasteiger partial charge in [0.1, 0.15) is 5.15 Å². The first-order valence-electron chi connectivity index (χ1n) is 7.13. The van der Waals surface area contributed by atoms with E-state index in [9.17, 15) is 15.2 Å². The smallest absolute Gasteiger partial charge is 0.311 e. The van der Waals surface area contributed by atoms with Crippen molar-refractivity contribution < 1.29 is 14.8 Å². The first-order valence-corrected chi connectivity index (χ1v) is 7.51. The number of hydrogen-bond donors (Lipinski definition) is 1. The lowest BCUT2D eigenvalue weighted by Gasteiger charge is -2.25. The maximum Gasteiger partial charge on any atom is 0.311 e. The topological polar surface area (TPSA) is 102 Å². The van der Waals surface area contributed by atoms with E-state index in [1.54, 1.807) is 30.2 Å². The standard InChI is InChI=1S/C15H17ClN4O4/c1-10(21)8-19(9-11-3-5-13(16)17-7-11)15-12(20(22)23)4-6-14(18-15)24-2/h3-7,10,21H,8-9H2,1-2H3. The van der Waals surface area contributed by atoms with Crippen LogP contribution in [0.15, 0.2) is 30.5 Å². The highest BCUT2D eigenvalue weighted by atomic mass is 35.5. The van der Waals surface area contributed by atoms with Crippen molar-refractivity contribution in [2.75, 3.05) is 18.6 Å². The fourth-order valence-corrected chi connectivity index (χ4v) is 2.29. The summed E-state index contributed by atoms with van der Waals surface area (Å²) in [5.74, 6) is 0.371. The molecule has 0 spiro atoms. The minimum absolute atomic E-state index is 0.121. The molecule has 0 aliphatic carbocycles. The molecular formula is C15H17ClN4O4. The average molecular weight is 353 g/mol. The number of rotatable bonds is 7. The largest absolute Gasteiger partial charge is 0.481 e. The van der Waals surface area contributed by atoms with E-state index in [4.69, 9.17) is 16.3 Å². The number of ether oxygens (including phenoxy) is 1. The van der Waals surface area contributed by atoms with Gasteiger partial charge in [-0.15, -0.1) is 0 Å². The fraction of sp³-hybridized carbons (Fsp3) is 0.333. The number of halogens is 1. The van der Waals surface area contributed by atoms with Crippen molar-refractivity contribution in [1.82, 2.24) is 9.97 Å². The Balaban J connectivity index is 2.42. The quantitative estimate of drug-likeness (QED) is 0.464. The average Bonchev–Trinajstić information content (AvgIpc) is 2.55. The molecule has 0 saturated heterocycles. The number of aromatic nitrogens is 2. The third kappa shape index (κ3) is 4.53. The predicted molar refractivity (Wildman–Crippen MR) is 89.4 cm³/mol.